The fourth-order valence-corrected chi connectivity index (χ4v) is 6.18. The van der Waals surface area contributed by atoms with E-state index in [0.717, 1.165) is 32.2 Å². The van der Waals surface area contributed by atoms with Crippen molar-refractivity contribution in [2.24, 2.45) is 5.41 Å². The first kappa shape index (κ1) is 25.8. The minimum Gasteiger partial charge on any atom is -0.460 e. The van der Waals surface area contributed by atoms with Gasteiger partial charge in [0.1, 0.15) is 5.82 Å². The molecule has 39 heavy (non-hydrogen) atoms. The van der Waals surface area contributed by atoms with Gasteiger partial charge >= 0.3 is 0 Å². The van der Waals surface area contributed by atoms with E-state index >= 15 is 0 Å². The lowest BCUT2D eigenvalue weighted by Crippen LogP contribution is -2.39. The number of carbonyl (C=O) groups is 1. The van der Waals surface area contributed by atoms with Gasteiger partial charge < -0.3 is 19.5 Å². The summed E-state index contributed by atoms with van der Waals surface area (Å²) in [7, 11) is -3.49. The number of pyridine rings is 1. The van der Waals surface area contributed by atoms with Gasteiger partial charge in [-0.05, 0) is 61.4 Å². The Kier molecular flexibility index (Phi) is 6.20. The summed E-state index contributed by atoms with van der Waals surface area (Å²) < 4.78 is 59.4. The van der Waals surface area contributed by atoms with Gasteiger partial charge in [-0.2, -0.15) is 0 Å². The number of benzene rings is 1. The first-order valence-electron chi connectivity index (χ1n) is 13.2. The number of sulfonamides is 1. The maximum atomic E-state index is 13.8. The molecule has 12 heteroatoms. The topological polar surface area (TPSA) is 108 Å². The summed E-state index contributed by atoms with van der Waals surface area (Å²) in [6.07, 6.45) is 6.59. The Morgan fingerprint density at radius 3 is 2.33 bits per heavy atom. The van der Waals surface area contributed by atoms with Crippen LogP contribution in [0.25, 0.3) is 11.0 Å². The van der Waals surface area contributed by atoms with Gasteiger partial charge in [0.05, 0.1) is 29.5 Å². The maximum absolute atomic E-state index is 13.8. The molecule has 1 aliphatic carbocycles. The third-order valence-corrected chi connectivity index (χ3v) is 8.73. The van der Waals surface area contributed by atoms with Gasteiger partial charge in [-0.25, -0.2) is 22.2 Å². The molecule has 0 bridgehead atoms. The molecule has 1 spiro atoms. The second-order valence-corrected chi connectivity index (χ2v) is 12.8. The fraction of sp³-hybridized carbons (Fsp3) is 0.481. The van der Waals surface area contributed by atoms with E-state index in [4.69, 9.17) is 4.42 Å². The van der Waals surface area contributed by atoms with Crippen molar-refractivity contribution in [3.8, 4) is 0 Å². The minimum atomic E-state index is -3.49. The second kappa shape index (κ2) is 9.35. The number of aromatic nitrogens is 1. The first-order valence-corrected chi connectivity index (χ1v) is 15.1. The summed E-state index contributed by atoms with van der Waals surface area (Å²) in [5.74, 6) is -2.40. The van der Waals surface area contributed by atoms with E-state index in [9.17, 15) is 22.0 Å². The number of hydrogen-bond donors (Lipinski definition) is 2. The molecular weight excluding hydrogens is 528 g/mol. The van der Waals surface area contributed by atoms with Crippen molar-refractivity contribution < 1.29 is 26.4 Å². The quantitative estimate of drug-likeness (QED) is 0.434. The SMILES string of the molecule is CS(=O)(=O)Nc1ccc(C(=O)Nc2cc3ccoc3c(N3CCC(F)(F)CC3)n2)c(N2CCC3(CC2)CC3)c1. The summed E-state index contributed by atoms with van der Waals surface area (Å²) in [4.78, 5) is 22.1. The number of anilines is 4. The number of amides is 1. The molecule has 208 valence electrons. The van der Waals surface area contributed by atoms with Crippen molar-refractivity contribution in [3.05, 3.63) is 42.2 Å². The Balaban J connectivity index is 1.29. The lowest BCUT2D eigenvalue weighted by atomic mass is 9.93. The zero-order chi connectivity index (χ0) is 27.4. The van der Waals surface area contributed by atoms with Crippen LogP contribution in [0.5, 0.6) is 0 Å². The van der Waals surface area contributed by atoms with Gasteiger partial charge in [0.2, 0.25) is 10.0 Å². The Bertz CT molecular complexity index is 1520. The van der Waals surface area contributed by atoms with Crippen molar-refractivity contribution in [1.82, 2.24) is 4.98 Å². The summed E-state index contributed by atoms with van der Waals surface area (Å²) in [6, 6.07) is 8.32. The van der Waals surface area contributed by atoms with Gasteiger partial charge in [-0.15, -0.1) is 0 Å². The average molecular weight is 560 g/mol. The van der Waals surface area contributed by atoms with Crippen molar-refractivity contribution >= 4 is 49.9 Å². The molecule has 6 rings (SSSR count). The molecule has 2 saturated heterocycles. The number of carbonyl (C=O) groups excluding carboxylic acids is 1. The monoisotopic (exact) mass is 559 g/mol. The fourth-order valence-electron chi connectivity index (χ4n) is 5.63. The highest BCUT2D eigenvalue weighted by Gasteiger charge is 2.44. The summed E-state index contributed by atoms with van der Waals surface area (Å²) >= 11 is 0. The Hall–Kier alpha value is -3.41. The molecule has 3 aliphatic rings. The molecule has 0 radical (unpaired) electrons. The Labute approximate surface area is 225 Å². The van der Waals surface area contributed by atoms with Gasteiger partial charge in [0.15, 0.2) is 11.4 Å². The number of fused-ring (bicyclic) bond motifs is 1. The molecule has 3 aromatic rings. The van der Waals surface area contributed by atoms with E-state index in [1.807, 2.05) is 0 Å². The lowest BCUT2D eigenvalue weighted by molar-refractivity contribution is -0.0221. The first-order chi connectivity index (χ1) is 18.5. The predicted molar refractivity (Wildman–Crippen MR) is 146 cm³/mol. The number of nitrogens with one attached hydrogen (secondary N) is 2. The van der Waals surface area contributed by atoms with E-state index < -0.39 is 21.9 Å². The molecule has 2 aliphatic heterocycles. The van der Waals surface area contributed by atoms with Gasteiger partial charge in [-0.3, -0.25) is 9.52 Å². The highest BCUT2D eigenvalue weighted by molar-refractivity contribution is 7.92. The molecule has 1 aromatic carbocycles. The van der Waals surface area contributed by atoms with E-state index in [1.165, 1.54) is 19.1 Å². The molecule has 1 amide bonds. The summed E-state index contributed by atoms with van der Waals surface area (Å²) in [6.45, 7) is 1.82. The second-order valence-electron chi connectivity index (χ2n) is 11.1. The standard InChI is InChI=1S/C27H31F2N5O4S/c1-39(36,37)32-19-2-3-20(21(17-19)33-11-7-26(5-6-26)8-12-33)25(35)31-22-16-18-4-15-38-23(18)24(30-22)34-13-9-27(28,29)10-14-34/h2-4,15-17,32H,5-14H2,1H3,(H,30,31,35). The Morgan fingerprint density at radius 2 is 1.67 bits per heavy atom. The van der Waals surface area contributed by atoms with Crippen LogP contribution < -0.4 is 19.8 Å². The molecule has 0 atom stereocenters. The van der Waals surface area contributed by atoms with Crippen LogP contribution in [0.15, 0.2) is 41.0 Å². The third kappa shape index (κ3) is 5.52. The predicted octanol–water partition coefficient (Wildman–Crippen LogP) is 5.07. The zero-order valence-electron chi connectivity index (χ0n) is 21.7. The molecule has 4 heterocycles. The number of rotatable bonds is 6. The number of hydrogen-bond acceptors (Lipinski definition) is 7. The van der Waals surface area contributed by atoms with Crippen molar-refractivity contribution in [2.45, 2.75) is 44.4 Å². The highest BCUT2D eigenvalue weighted by Crippen LogP contribution is 2.54. The molecular formula is C27H31F2N5O4S. The smallest absolute Gasteiger partial charge is 0.258 e. The number of piperidine rings is 2. The van der Waals surface area contributed by atoms with Crippen molar-refractivity contribution in [2.75, 3.05) is 52.3 Å². The Morgan fingerprint density at radius 1 is 0.974 bits per heavy atom. The van der Waals surface area contributed by atoms with Crippen LogP contribution in [0.2, 0.25) is 0 Å². The normalized spacial score (nSPS) is 20.3. The van der Waals surface area contributed by atoms with Crippen LogP contribution in [0.1, 0.15) is 48.9 Å². The number of nitrogens with zero attached hydrogens (tertiary/aromatic N) is 3. The van der Waals surface area contributed by atoms with Crippen LogP contribution in [0.4, 0.5) is 31.8 Å². The van der Waals surface area contributed by atoms with Crippen LogP contribution in [-0.4, -0.2) is 57.7 Å². The number of furan rings is 1. The van der Waals surface area contributed by atoms with Crippen molar-refractivity contribution in [3.63, 3.8) is 0 Å². The number of alkyl halides is 2. The maximum Gasteiger partial charge on any atom is 0.258 e. The molecule has 9 nitrogen and oxygen atoms in total. The van der Waals surface area contributed by atoms with Crippen LogP contribution in [0.3, 0.4) is 0 Å². The zero-order valence-corrected chi connectivity index (χ0v) is 22.5. The molecule has 1 saturated carbocycles. The van der Waals surface area contributed by atoms with E-state index in [-0.39, 0.29) is 31.7 Å². The molecule has 3 fully saturated rings. The average Bonchev–Trinajstić information content (AvgIpc) is 3.45. The van der Waals surface area contributed by atoms with E-state index in [0.29, 0.717) is 39.1 Å². The van der Waals surface area contributed by atoms with E-state index in [2.05, 4.69) is 19.9 Å². The van der Waals surface area contributed by atoms with E-state index in [1.54, 1.807) is 35.2 Å². The van der Waals surface area contributed by atoms with Crippen molar-refractivity contribution in [1.29, 1.82) is 0 Å². The van der Waals surface area contributed by atoms with Crippen LogP contribution in [-0.2, 0) is 10.0 Å². The minimum absolute atomic E-state index is 0.128. The molecule has 0 unspecified atom stereocenters. The summed E-state index contributed by atoms with van der Waals surface area (Å²) in [5.41, 5.74) is 2.35. The number of halogens is 2. The molecule has 2 aromatic heterocycles. The largest absolute Gasteiger partial charge is 0.460 e. The third-order valence-electron chi connectivity index (χ3n) is 8.12. The summed E-state index contributed by atoms with van der Waals surface area (Å²) in [5, 5.41) is 3.58. The van der Waals surface area contributed by atoms with Gasteiger partial charge in [-0.1, -0.05) is 0 Å². The van der Waals surface area contributed by atoms with Gasteiger partial charge in [0.25, 0.3) is 11.8 Å². The molecule has 2 N–H and O–H groups in total. The van der Waals surface area contributed by atoms with Gasteiger partial charge in [0, 0.05) is 44.4 Å². The van der Waals surface area contributed by atoms with Crippen LogP contribution >= 0.6 is 0 Å². The lowest BCUT2D eigenvalue weighted by Gasteiger charge is -2.35. The van der Waals surface area contributed by atoms with Crippen LogP contribution in [0, 0.1) is 5.41 Å². The highest BCUT2D eigenvalue weighted by atomic mass is 32.2.